The molecule has 2 heterocycles. The molecule has 2 aromatic rings. The van der Waals surface area contributed by atoms with Gasteiger partial charge in [0.15, 0.2) is 0 Å². The molecule has 1 aromatic carbocycles. The lowest BCUT2D eigenvalue weighted by molar-refractivity contribution is 0.832. The normalized spacial score (nSPS) is 14.1. The van der Waals surface area contributed by atoms with E-state index in [0.717, 1.165) is 28.6 Å². The van der Waals surface area contributed by atoms with E-state index in [0.29, 0.717) is 0 Å². The summed E-state index contributed by atoms with van der Waals surface area (Å²) in [5.74, 6) is 2.11. The molecule has 0 spiro atoms. The average Bonchev–Trinajstić information content (AvgIpc) is 2.84. The second-order valence-corrected chi connectivity index (χ2v) is 4.96. The van der Waals surface area contributed by atoms with Gasteiger partial charge in [-0.1, -0.05) is 12.1 Å². The number of para-hydroxylation sites is 2. The monoisotopic (exact) mass is 231 g/mol. The Hall–Kier alpha value is -1.42. The van der Waals surface area contributed by atoms with Crippen molar-refractivity contribution < 1.29 is 0 Å². The van der Waals surface area contributed by atoms with Crippen LogP contribution in [0, 0.1) is 6.92 Å². The van der Waals surface area contributed by atoms with Gasteiger partial charge in [0.25, 0.3) is 0 Å². The van der Waals surface area contributed by atoms with Crippen LogP contribution in [0.15, 0.2) is 24.3 Å². The second kappa shape index (κ2) is 3.56. The largest absolute Gasteiger partial charge is 0.397 e. The highest BCUT2D eigenvalue weighted by atomic mass is 32.2. The number of aromatic nitrogens is 2. The Balaban J connectivity index is 2.21. The van der Waals surface area contributed by atoms with Crippen molar-refractivity contribution in [2.75, 3.05) is 5.73 Å². The maximum atomic E-state index is 5.99. The predicted octanol–water partition coefficient (Wildman–Crippen LogP) is 2.51. The molecule has 0 fully saturated rings. The van der Waals surface area contributed by atoms with Crippen LogP contribution in [-0.2, 0) is 11.5 Å². The number of aryl methyl sites for hydroxylation is 1. The Bertz CT molecular complexity index is 545. The van der Waals surface area contributed by atoms with E-state index in [2.05, 4.69) is 12.0 Å². The van der Waals surface area contributed by atoms with Gasteiger partial charge in [-0.2, -0.15) is 16.9 Å². The first-order valence-corrected chi connectivity index (χ1v) is 6.43. The van der Waals surface area contributed by atoms with E-state index in [9.17, 15) is 0 Å². The van der Waals surface area contributed by atoms with Crippen molar-refractivity contribution >= 4 is 17.4 Å². The summed E-state index contributed by atoms with van der Waals surface area (Å²) in [6.45, 7) is 2.07. The zero-order valence-corrected chi connectivity index (χ0v) is 9.92. The number of anilines is 1. The molecule has 0 unspecified atom stereocenters. The van der Waals surface area contributed by atoms with Gasteiger partial charge in [-0.15, -0.1) is 0 Å². The quantitative estimate of drug-likeness (QED) is 0.767. The Kier molecular flexibility index (Phi) is 2.17. The zero-order chi connectivity index (χ0) is 11.1. The summed E-state index contributed by atoms with van der Waals surface area (Å²) < 4.78 is 2.00. The van der Waals surface area contributed by atoms with Crippen LogP contribution in [0.25, 0.3) is 5.69 Å². The molecule has 82 valence electrons. The Morgan fingerprint density at radius 2 is 2.12 bits per heavy atom. The number of thioether (sulfide) groups is 1. The summed E-state index contributed by atoms with van der Waals surface area (Å²) in [6, 6.07) is 7.88. The molecule has 1 aliphatic heterocycles. The van der Waals surface area contributed by atoms with Gasteiger partial charge in [0.2, 0.25) is 0 Å². The van der Waals surface area contributed by atoms with Crippen molar-refractivity contribution in [3.05, 3.63) is 41.2 Å². The van der Waals surface area contributed by atoms with E-state index in [1.165, 1.54) is 11.3 Å². The number of hydrogen-bond acceptors (Lipinski definition) is 3. The number of hydrogen-bond donors (Lipinski definition) is 1. The van der Waals surface area contributed by atoms with Crippen LogP contribution in [0.2, 0.25) is 0 Å². The van der Waals surface area contributed by atoms with Gasteiger partial charge >= 0.3 is 0 Å². The van der Waals surface area contributed by atoms with E-state index < -0.39 is 0 Å². The number of nitrogens with two attached hydrogens (primary N) is 1. The molecule has 2 N–H and O–H groups in total. The molecule has 1 aromatic heterocycles. The number of nitrogens with zero attached hydrogens (tertiary/aromatic N) is 2. The summed E-state index contributed by atoms with van der Waals surface area (Å²) in [5.41, 5.74) is 11.6. The highest BCUT2D eigenvalue weighted by Crippen LogP contribution is 2.34. The lowest BCUT2D eigenvalue weighted by Crippen LogP contribution is -2.04. The average molecular weight is 231 g/mol. The van der Waals surface area contributed by atoms with Crippen LogP contribution in [-0.4, -0.2) is 9.78 Å². The second-order valence-electron chi connectivity index (χ2n) is 3.97. The van der Waals surface area contributed by atoms with Gasteiger partial charge in [-0.25, -0.2) is 4.68 Å². The maximum Gasteiger partial charge on any atom is 0.0878 e. The molecule has 0 radical (unpaired) electrons. The molecule has 0 saturated carbocycles. The highest BCUT2D eigenvalue weighted by Gasteiger charge is 2.21. The van der Waals surface area contributed by atoms with Gasteiger partial charge in [-0.3, -0.25) is 0 Å². The fourth-order valence-corrected chi connectivity index (χ4v) is 3.24. The molecule has 0 bridgehead atoms. The molecule has 3 rings (SSSR count). The van der Waals surface area contributed by atoms with Crippen LogP contribution in [0.1, 0.15) is 17.0 Å². The highest BCUT2D eigenvalue weighted by molar-refractivity contribution is 7.98. The summed E-state index contributed by atoms with van der Waals surface area (Å²) in [6.07, 6.45) is 0. The van der Waals surface area contributed by atoms with E-state index >= 15 is 0 Å². The summed E-state index contributed by atoms with van der Waals surface area (Å²) in [4.78, 5) is 0. The molecule has 4 heteroatoms. The van der Waals surface area contributed by atoms with Crippen molar-refractivity contribution in [1.29, 1.82) is 0 Å². The van der Waals surface area contributed by atoms with Gasteiger partial charge in [0, 0.05) is 17.1 Å². The van der Waals surface area contributed by atoms with Crippen LogP contribution < -0.4 is 5.73 Å². The number of nitrogen functional groups attached to an aromatic ring is 1. The fourth-order valence-electron chi connectivity index (χ4n) is 2.07. The van der Waals surface area contributed by atoms with Gasteiger partial charge in [0.05, 0.1) is 22.8 Å². The summed E-state index contributed by atoms with van der Waals surface area (Å²) in [5, 5.41) is 4.59. The molecule has 0 aliphatic carbocycles. The topological polar surface area (TPSA) is 43.8 Å². The van der Waals surface area contributed by atoms with Gasteiger partial charge in [0.1, 0.15) is 0 Å². The first-order valence-electron chi connectivity index (χ1n) is 5.27. The Morgan fingerprint density at radius 3 is 2.94 bits per heavy atom. The van der Waals surface area contributed by atoms with Crippen molar-refractivity contribution in [2.45, 2.75) is 18.4 Å². The SMILES string of the molecule is Cc1nn(-c2ccccc2N)c2c1CSC2. The smallest absolute Gasteiger partial charge is 0.0878 e. The van der Waals surface area contributed by atoms with Crippen LogP contribution in [0.5, 0.6) is 0 Å². The van der Waals surface area contributed by atoms with E-state index in [1.54, 1.807) is 0 Å². The summed E-state index contributed by atoms with van der Waals surface area (Å²) in [7, 11) is 0. The molecular weight excluding hydrogens is 218 g/mol. The van der Waals surface area contributed by atoms with Crippen molar-refractivity contribution in [1.82, 2.24) is 9.78 Å². The molecule has 0 atom stereocenters. The molecule has 0 amide bonds. The minimum Gasteiger partial charge on any atom is -0.397 e. The zero-order valence-electron chi connectivity index (χ0n) is 9.10. The maximum absolute atomic E-state index is 5.99. The minimum absolute atomic E-state index is 0.782. The number of benzene rings is 1. The third-order valence-corrected chi connectivity index (χ3v) is 3.91. The van der Waals surface area contributed by atoms with E-state index in [-0.39, 0.29) is 0 Å². The Labute approximate surface area is 98.6 Å². The van der Waals surface area contributed by atoms with E-state index in [1.807, 2.05) is 40.7 Å². The van der Waals surface area contributed by atoms with Crippen molar-refractivity contribution in [2.24, 2.45) is 0 Å². The first-order chi connectivity index (χ1) is 7.77. The first kappa shape index (κ1) is 9.78. The minimum atomic E-state index is 0.782. The Morgan fingerprint density at radius 1 is 1.31 bits per heavy atom. The van der Waals surface area contributed by atoms with Crippen LogP contribution >= 0.6 is 11.8 Å². The predicted molar refractivity (Wildman–Crippen MR) is 67.7 cm³/mol. The lowest BCUT2D eigenvalue weighted by Gasteiger charge is -2.07. The molecule has 1 aliphatic rings. The van der Waals surface area contributed by atoms with Crippen LogP contribution in [0.4, 0.5) is 5.69 Å². The van der Waals surface area contributed by atoms with Crippen LogP contribution in [0.3, 0.4) is 0 Å². The molecule has 16 heavy (non-hydrogen) atoms. The van der Waals surface area contributed by atoms with E-state index in [4.69, 9.17) is 5.73 Å². The third-order valence-electron chi connectivity index (χ3n) is 2.94. The molecular formula is C12H13N3S. The van der Waals surface area contributed by atoms with Crippen molar-refractivity contribution in [3.8, 4) is 5.69 Å². The number of fused-ring (bicyclic) bond motifs is 1. The molecule has 3 nitrogen and oxygen atoms in total. The van der Waals surface area contributed by atoms with Gasteiger partial charge in [-0.05, 0) is 19.1 Å². The third kappa shape index (κ3) is 1.33. The lowest BCUT2D eigenvalue weighted by atomic mass is 10.2. The van der Waals surface area contributed by atoms with Crippen molar-refractivity contribution in [3.63, 3.8) is 0 Å². The van der Waals surface area contributed by atoms with Gasteiger partial charge < -0.3 is 5.73 Å². The fraction of sp³-hybridized carbons (Fsp3) is 0.250. The molecule has 0 saturated heterocycles. The number of rotatable bonds is 1. The standard InChI is InChI=1S/C12H13N3S/c1-8-9-6-16-7-12(9)15(14-8)11-5-3-2-4-10(11)13/h2-5H,6-7,13H2,1H3. The summed E-state index contributed by atoms with van der Waals surface area (Å²) >= 11 is 1.94.